The SMILES string of the molecule is CN1C2CCCC1CC(O)(c1cc(F)c(C#N)cc1F)C2. The summed E-state index contributed by atoms with van der Waals surface area (Å²) >= 11 is 0. The van der Waals surface area contributed by atoms with Gasteiger partial charge in [0.25, 0.3) is 0 Å². The van der Waals surface area contributed by atoms with Crippen LogP contribution in [0.2, 0.25) is 0 Å². The summed E-state index contributed by atoms with van der Waals surface area (Å²) < 4.78 is 28.0. The van der Waals surface area contributed by atoms with Crippen LogP contribution >= 0.6 is 0 Å². The van der Waals surface area contributed by atoms with Crippen molar-refractivity contribution in [2.45, 2.75) is 49.8 Å². The molecule has 1 N–H and O–H groups in total. The van der Waals surface area contributed by atoms with Gasteiger partial charge in [-0.3, -0.25) is 0 Å². The van der Waals surface area contributed by atoms with Crippen LogP contribution in [0.1, 0.15) is 43.2 Å². The minimum Gasteiger partial charge on any atom is -0.385 e. The Morgan fingerprint density at radius 3 is 2.43 bits per heavy atom. The number of nitrogens with zero attached hydrogens (tertiary/aromatic N) is 2. The molecule has 2 bridgehead atoms. The van der Waals surface area contributed by atoms with E-state index in [1.54, 1.807) is 6.07 Å². The fourth-order valence-corrected chi connectivity index (χ4v) is 3.86. The average molecular weight is 292 g/mol. The second-order valence-electron chi connectivity index (χ2n) is 6.27. The van der Waals surface area contributed by atoms with Crippen molar-refractivity contribution in [3.8, 4) is 6.07 Å². The molecule has 0 spiro atoms. The lowest BCUT2D eigenvalue weighted by Gasteiger charge is -2.50. The van der Waals surface area contributed by atoms with E-state index in [-0.39, 0.29) is 23.2 Å². The van der Waals surface area contributed by atoms with Crippen LogP contribution in [0.15, 0.2) is 12.1 Å². The van der Waals surface area contributed by atoms with Crippen LogP contribution in [0.4, 0.5) is 8.78 Å². The van der Waals surface area contributed by atoms with Gasteiger partial charge in [0.05, 0.1) is 11.2 Å². The van der Waals surface area contributed by atoms with Gasteiger partial charge in [-0.25, -0.2) is 8.78 Å². The molecular formula is C16H18F2N2O. The Labute approximate surface area is 122 Å². The van der Waals surface area contributed by atoms with E-state index in [0.29, 0.717) is 12.8 Å². The highest BCUT2D eigenvalue weighted by Crippen LogP contribution is 2.44. The molecule has 2 atom stereocenters. The molecule has 0 aromatic heterocycles. The van der Waals surface area contributed by atoms with Crippen molar-refractivity contribution in [2.24, 2.45) is 0 Å². The van der Waals surface area contributed by atoms with Crippen molar-refractivity contribution in [2.75, 3.05) is 7.05 Å². The molecule has 2 saturated heterocycles. The topological polar surface area (TPSA) is 47.3 Å². The second kappa shape index (κ2) is 5.04. The molecule has 3 rings (SSSR count). The Bertz CT molecular complexity index is 597. The molecule has 0 amide bonds. The Morgan fingerprint density at radius 1 is 1.24 bits per heavy atom. The highest BCUT2D eigenvalue weighted by molar-refractivity contribution is 5.37. The van der Waals surface area contributed by atoms with E-state index in [1.807, 2.05) is 7.05 Å². The molecular weight excluding hydrogens is 274 g/mol. The van der Waals surface area contributed by atoms with Crippen LogP contribution in [-0.2, 0) is 5.60 Å². The summed E-state index contributed by atoms with van der Waals surface area (Å²) in [6, 6.07) is 3.89. The highest BCUT2D eigenvalue weighted by atomic mass is 19.1. The summed E-state index contributed by atoms with van der Waals surface area (Å²) in [5, 5.41) is 19.7. The first kappa shape index (κ1) is 14.4. The predicted molar refractivity (Wildman–Crippen MR) is 73.4 cm³/mol. The summed E-state index contributed by atoms with van der Waals surface area (Å²) in [6.07, 6.45) is 3.86. The van der Waals surface area contributed by atoms with Crippen molar-refractivity contribution < 1.29 is 13.9 Å². The molecule has 0 radical (unpaired) electrons. The van der Waals surface area contributed by atoms with E-state index >= 15 is 0 Å². The Balaban J connectivity index is 2.00. The van der Waals surface area contributed by atoms with Gasteiger partial charge in [0, 0.05) is 17.6 Å². The van der Waals surface area contributed by atoms with Crippen molar-refractivity contribution in [1.29, 1.82) is 5.26 Å². The average Bonchev–Trinajstić information content (AvgIpc) is 2.43. The van der Waals surface area contributed by atoms with E-state index in [2.05, 4.69) is 4.90 Å². The molecule has 112 valence electrons. The lowest BCUT2D eigenvalue weighted by Crippen LogP contribution is -2.55. The van der Waals surface area contributed by atoms with E-state index in [1.165, 1.54) is 0 Å². The Hall–Kier alpha value is -1.51. The van der Waals surface area contributed by atoms with Gasteiger partial charge >= 0.3 is 0 Å². The van der Waals surface area contributed by atoms with Gasteiger partial charge in [0.2, 0.25) is 0 Å². The molecule has 5 heteroatoms. The van der Waals surface area contributed by atoms with Gasteiger partial charge in [-0.2, -0.15) is 5.26 Å². The van der Waals surface area contributed by atoms with Crippen molar-refractivity contribution in [1.82, 2.24) is 4.90 Å². The third-order valence-electron chi connectivity index (χ3n) is 5.05. The van der Waals surface area contributed by atoms with Gasteiger partial charge in [-0.1, -0.05) is 6.42 Å². The number of halogens is 2. The highest BCUT2D eigenvalue weighted by Gasteiger charge is 2.46. The van der Waals surface area contributed by atoms with Crippen molar-refractivity contribution >= 4 is 0 Å². The molecule has 0 aliphatic carbocycles. The fourth-order valence-electron chi connectivity index (χ4n) is 3.86. The van der Waals surface area contributed by atoms with Crippen LogP contribution in [-0.4, -0.2) is 29.1 Å². The van der Waals surface area contributed by atoms with E-state index < -0.39 is 17.2 Å². The first-order valence-electron chi connectivity index (χ1n) is 7.28. The summed E-state index contributed by atoms with van der Waals surface area (Å²) in [5.74, 6) is -1.47. The fraction of sp³-hybridized carbons (Fsp3) is 0.562. The molecule has 3 nitrogen and oxygen atoms in total. The van der Waals surface area contributed by atoms with Crippen LogP contribution < -0.4 is 0 Å². The number of aliphatic hydroxyl groups is 1. The summed E-state index contributed by atoms with van der Waals surface area (Å²) in [6.45, 7) is 0. The van der Waals surface area contributed by atoms with Gasteiger partial charge in [-0.05, 0) is 44.9 Å². The minimum atomic E-state index is -1.35. The maximum Gasteiger partial charge on any atom is 0.141 e. The first-order chi connectivity index (χ1) is 9.94. The van der Waals surface area contributed by atoms with Crippen LogP contribution in [0, 0.1) is 23.0 Å². The normalized spacial score (nSPS) is 32.7. The molecule has 1 aromatic rings. The van der Waals surface area contributed by atoms with Crippen molar-refractivity contribution in [3.63, 3.8) is 0 Å². The predicted octanol–water partition coefficient (Wildman–Crippen LogP) is 2.67. The van der Waals surface area contributed by atoms with Gasteiger partial charge < -0.3 is 10.0 Å². The van der Waals surface area contributed by atoms with Gasteiger partial charge in [0.15, 0.2) is 0 Å². The zero-order valence-corrected chi connectivity index (χ0v) is 11.9. The van der Waals surface area contributed by atoms with Crippen LogP contribution in [0.5, 0.6) is 0 Å². The van der Waals surface area contributed by atoms with E-state index in [9.17, 15) is 13.9 Å². The van der Waals surface area contributed by atoms with Crippen LogP contribution in [0.3, 0.4) is 0 Å². The minimum absolute atomic E-state index is 0.0102. The molecule has 2 fully saturated rings. The first-order valence-corrected chi connectivity index (χ1v) is 7.28. The molecule has 2 aliphatic rings. The number of hydrogen-bond donors (Lipinski definition) is 1. The van der Waals surface area contributed by atoms with Gasteiger partial charge in [0.1, 0.15) is 17.7 Å². The maximum absolute atomic E-state index is 14.2. The largest absolute Gasteiger partial charge is 0.385 e. The summed E-state index contributed by atoms with van der Waals surface area (Å²) in [7, 11) is 2.03. The van der Waals surface area contributed by atoms with Crippen molar-refractivity contribution in [3.05, 3.63) is 34.9 Å². The number of hydrogen-bond acceptors (Lipinski definition) is 3. The number of piperidine rings is 2. The smallest absolute Gasteiger partial charge is 0.141 e. The van der Waals surface area contributed by atoms with E-state index in [0.717, 1.165) is 31.4 Å². The molecule has 2 aliphatic heterocycles. The third kappa shape index (κ3) is 2.33. The second-order valence-corrected chi connectivity index (χ2v) is 6.27. The van der Waals surface area contributed by atoms with Crippen LogP contribution in [0.25, 0.3) is 0 Å². The maximum atomic E-state index is 14.2. The zero-order valence-electron chi connectivity index (χ0n) is 11.9. The molecule has 1 aromatic carbocycles. The van der Waals surface area contributed by atoms with Gasteiger partial charge in [-0.15, -0.1) is 0 Å². The summed E-state index contributed by atoms with van der Waals surface area (Å²) in [5.41, 5.74) is -1.68. The molecule has 2 unspecified atom stereocenters. The lowest BCUT2D eigenvalue weighted by atomic mass is 9.72. The lowest BCUT2D eigenvalue weighted by molar-refractivity contribution is -0.0893. The number of benzene rings is 1. The third-order valence-corrected chi connectivity index (χ3v) is 5.05. The molecule has 0 saturated carbocycles. The molecule has 2 heterocycles. The Kier molecular flexibility index (Phi) is 3.46. The molecule has 21 heavy (non-hydrogen) atoms. The number of rotatable bonds is 1. The Morgan fingerprint density at radius 2 is 1.86 bits per heavy atom. The summed E-state index contributed by atoms with van der Waals surface area (Å²) in [4.78, 5) is 2.25. The number of nitriles is 1. The quantitative estimate of drug-likeness (QED) is 0.865. The number of fused-ring (bicyclic) bond motifs is 2. The monoisotopic (exact) mass is 292 g/mol. The zero-order chi connectivity index (χ0) is 15.2. The van der Waals surface area contributed by atoms with E-state index in [4.69, 9.17) is 5.26 Å². The standard InChI is InChI=1S/C16H18F2N2O/c1-20-11-3-2-4-12(20)8-16(21,7-11)13-6-14(17)10(9-19)5-15(13)18/h5-6,11-12,21H,2-4,7-8H2,1H3.